The molecule has 0 bridgehead atoms. The molecule has 0 spiro atoms. The maximum absolute atomic E-state index is 10.1. The third kappa shape index (κ3) is 64.6. The zero-order valence-corrected chi connectivity index (χ0v) is 19.8. The molecule has 2 amide bonds. The van der Waals surface area contributed by atoms with Crippen LogP contribution in [0.2, 0.25) is 0 Å². The molecule has 0 aliphatic carbocycles. The van der Waals surface area contributed by atoms with E-state index < -0.39 is 11.8 Å². The maximum Gasteiger partial charge on any atom is 4.00 e. The van der Waals surface area contributed by atoms with Gasteiger partial charge in [-0.05, 0) is 32.6 Å². The number of hydrogen-bond acceptors (Lipinski definition) is 3. The van der Waals surface area contributed by atoms with Gasteiger partial charge in [-0.15, -0.1) is 0 Å². The van der Waals surface area contributed by atoms with Crippen LogP contribution in [0.4, 0.5) is 0 Å². The van der Waals surface area contributed by atoms with E-state index in [-0.39, 0.29) is 53.1 Å². The Bertz CT molecular complexity index is 239. The number of amides is 2. The van der Waals surface area contributed by atoms with Gasteiger partial charge in [-0.2, -0.15) is 0 Å². The summed E-state index contributed by atoms with van der Waals surface area (Å²) in [5.41, 5.74) is 13.2. The van der Waals surface area contributed by atoms with Crippen molar-refractivity contribution >= 4 is 11.8 Å². The molecule has 0 aromatic rings. The number of halogens is 2. The van der Waals surface area contributed by atoms with Gasteiger partial charge in [0.1, 0.15) is 0 Å². The fourth-order valence-electron chi connectivity index (χ4n) is 1.78. The first-order valence-electron chi connectivity index (χ1n) is 9.05. The van der Waals surface area contributed by atoms with Gasteiger partial charge in [0.15, 0.2) is 0 Å². The molecule has 8 heteroatoms. The molecule has 0 fully saturated rings. The average molecular weight is 449 g/mol. The fourth-order valence-corrected chi connectivity index (χ4v) is 1.78. The van der Waals surface area contributed by atoms with E-state index in [1.807, 2.05) is 0 Å². The molecule has 0 atom stereocenters. The quantitative estimate of drug-likeness (QED) is 0.331. The normalized spacial score (nSPS) is 8.15. The van der Waals surface area contributed by atoms with E-state index in [2.05, 4.69) is 13.8 Å². The molecule has 0 unspecified atom stereocenters. The summed E-state index contributed by atoms with van der Waals surface area (Å²) in [7, 11) is 0. The van der Waals surface area contributed by atoms with Crippen molar-refractivity contribution in [1.82, 2.24) is 0 Å². The van der Waals surface area contributed by atoms with Crippen LogP contribution in [0.25, 0.3) is 11.5 Å². The maximum atomic E-state index is 10.1. The second-order valence-electron chi connectivity index (χ2n) is 5.49. The Labute approximate surface area is 188 Å². The van der Waals surface area contributed by atoms with Crippen LogP contribution >= 0.6 is 0 Å². The molecule has 0 saturated heterocycles. The van der Waals surface area contributed by atoms with Crippen molar-refractivity contribution in [3.63, 3.8) is 0 Å². The van der Waals surface area contributed by atoms with Gasteiger partial charge < -0.3 is 51.0 Å². The van der Waals surface area contributed by atoms with E-state index in [1.165, 1.54) is 38.5 Å². The number of nitrogens with one attached hydrogen (secondary N) is 2. The first-order chi connectivity index (χ1) is 11.0. The third-order valence-corrected chi connectivity index (χ3v) is 3.01. The van der Waals surface area contributed by atoms with Crippen molar-refractivity contribution in [2.75, 3.05) is 6.61 Å². The van der Waals surface area contributed by atoms with E-state index in [0.29, 0.717) is 12.8 Å². The van der Waals surface area contributed by atoms with Gasteiger partial charge >= 0.3 is 21.7 Å². The van der Waals surface area contributed by atoms with Crippen molar-refractivity contribution in [2.24, 2.45) is 0 Å². The van der Waals surface area contributed by atoms with E-state index in [4.69, 9.17) is 16.6 Å². The molecule has 26 heavy (non-hydrogen) atoms. The number of hydrogen-bond donors (Lipinski definition) is 1. The summed E-state index contributed by atoms with van der Waals surface area (Å²) < 4.78 is 0. The number of aliphatic hydroxyl groups is 1. The number of carbonyl (C=O) groups excluding carboxylic acids is 2. The van der Waals surface area contributed by atoms with Gasteiger partial charge in [0.25, 0.3) is 0 Å². The van der Waals surface area contributed by atoms with Crippen LogP contribution in [0.15, 0.2) is 0 Å². The van der Waals surface area contributed by atoms with Crippen LogP contribution < -0.4 is 24.8 Å². The minimum Gasteiger partial charge on any atom is -1.00 e. The average Bonchev–Trinajstić information content (AvgIpc) is 2.48. The summed E-state index contributed by atoms with van der Waals surface area (Å²) in [4.78, 5) is 20.3. The van der Waals surface area contributed by atoms with Crippen molar-refractivity contribution in [2.45, 2.75) is 97.8 Å². The molecule has 0 aromatic heterocycles. The molecule has 0 saturated carbocycles. The summed E-state index contributed by atoms with van der Waals surface area (Å²) in [6.07, 6.45) is 12.3. The molecule has 0 radical (unpaired) electrons. The second kappa shape index (κ2) is 40.0. The molecular weight excluding hydrogens is 411 g/mol. The Hall–Kier alpha value is 0.194. The number of rotatable bonds is 12. The summed E-state index contributed by atoms with van der Waals surface area (Å²) in [6.45, 7) is 6.26. The predicted octanol–water partition coefficient (Wildman–Crippen LogP) is -0.144. The predicted molar refractivity (Wildman–Crippen MR) is 98.2 cm³/mol. The SMILES string of the molecule is CCCCCCCC([NH-])=O.CCCCCCCC([NH-])=O.CCO.[Cl-].[Cl-].[Ti+4]. The molecule has 3 N–H and O–H groups in total. The van der Waals surface area contributed by atoms with Gasteiger partial charge in [0.05, 0.1) is 0 Å². The number of unbranched alkanes of at least 4 members (excludes halogenated alkanes) is 8. The van der Waals surface area contributed by atoms with Crippen molar-refractivity contribution < 1.29 is 61.2 Å². The fraction of sp³-hybridized carbons (Fsp3) is 0.889. The van der Waals surface area contributed by atoms with Crippen molar-refractivity contribution in [3.05, 3.63) is 11.5 Å². The standard InChI is InChI=1S/2C8H17NO.C2H6O.2ClH.Ti/c2*1-2-3-4-5-6-7-8(9)10;1-2-3;;;/h2*2-7H2,1H3,(H2,9,10);3H,2H2,1H3;2*1H;/q;;;;;+4/p-4. The second-order valence-corrected chi connectivity index (χ2v) is 5.49. The molecule has 156 valence electrons. The summed E-state index contributed by atoms with van der Waals surface area (Å²) >= 11 is 0. The van der Waals surface area contributed by atoms with E-state index >= 15 is 0 Å². The third-order valence-electron chi connectivity index (χ3n) is 3.01. The number of aliphatic hydroxyl groups excluding tert-OH is 1. The van der Waals surface area contributed by atoms with E-state index in [0.717, 1.165) is 25.7 Å². The van der Waals surface area contributed by atoms with Gasteiger partial charge in [-0.3, -0.25) is 0 Å². The summed E-state index contributed by atoms with van der Waals surface area (Å²) in [5.74, 6) is -0.840. The van der Waals surface area contributed by atoms with Crippen LogP contribution in [0.1, 0.15) is 97.8 Å². The Morgan fingerprint density at radius 3 is 1.08 bits per heavy atom. The molecule has 0 aliphatic rings. The number of carbonyl (C=O) groups is 2. The minimum atomic E-state index is -0.420. The van der Waals surface area contributed by atoms with Crippen LogP contribution in [0.5, 0.6) is 0 Å². The van der Waals surface area contributed by atoms with Crippen LogP contribution in [-0.4, -0.2) is 23.5 Å². The largest absolute Gasteiger partial charge is 4.00 e. The van der Waals surface area contributed by atoms with Crippen LogP contribution in [-0.2, 0) is 31.3 Å². The van der Waals surface area contributed by atoms with Crippen LogP contribution in [0.3, 0.4) is 0 Å². The van der Waals surface area contributed by atoms with Crippen molar-refractivity contribution in [3.8, 4) is 0 Å². The van der Waals surface area contributed by atoms with Gasteiger partial charge in [0.2, 0.25) is 0 Å². The van der Waals surface area contributed by atoms with Gasteiger partial charge in [-0.25, -0.2) is 0 Å². The zero-order chi connectivity index (χ0) is 18.3. The smallest absolute Gasteiger partial charge is 1.00 e. The first kappa shape index (κ1) is 40.8. The topological polar surface area (TPSA) is 102 Å². The molecule has 0 aromatic carbocycles. The van der Waals surface area contributed by atoms with Gasteiger partial charge in [-0.1, -0.05) is 65.2 Å². The van der Waals surface area contributed by atoms with Crippen molar-refractivity contribution in [1.29, 1.82) is 0 Å². The van der Waals surface area contributed by atoms with Gasteiger partial charge in [0, 0.05) is 18.4 Å². The minimum absolute atomic E-state index is 0. The Kier molecular flexibility index (Phi) is 62.8. The van der Waals surface area contributed by atoms with E-state index in [9.17, 15) is 9.59 Å². The molecule has 5 nitrogen and oxygen atoms in total. The Morgan fingerprint density at radius 2 is 0.885 bits per heavy atom. The first-order valence-corrected chi connectivity index (χ1v) is 9.05. The zero-order valence-electron chi connectivity index (χ0n) is 16.7. The molecular formula is C18H38Cl2N2O3Ti. The monoisotopic (exact) mass is 448 g/mol. The van der Waals surface area contributed by atoms with Crippen LogP contribution in [0, 0.1) is 0 Å². The molecule has 0 heterocycles. The summed E-state index contributed by atoms with van der Waals surface area (Å²) in [5, 5.41) is 7.57. The summed E-state index contributed by atoms with van der Waals surface area (Å²) in [6, 6.07) is 0. The molecule has 0 rings (SSSR count). The Balaban J connectivity index is -0.0000000606. The molecule has 0 aliphatic heterocycles. The Morgan fingerprint density at radius 1 is 0.654 bits per heavy atom. The van der Waals surface area contributed by atoms with E-state index in [1.54, 1.807) is 6.92 Å².